The van der Waals surface area contributed by atoms with Gasteiger partial charge in [-0.15, -0.1) is 0 Å². The molecule has 3 unspecified atom stereocenters. The van der Waals surface area contributed by atoms with Gasteiger partial charge >= 0.3 is 6.09 Å². The van der Waals surface area contributed by atoms with Gasteiger partial charge in [-0.1, -0.05) is 30.3 Å². The average Bonchev–Trinajstić information content (AvgIpc) is 3.39. The highest BCUT2D eigenvalue weighted by molar-refractivity contribution is 6.02. The number of hydrogen-bond acceptors (Lipinski definition) is 4. The normalized spacial score (nSPS) is 23.0. The molecule has 6 nitrogen and oxygen atoms in total. The molecule has 0 aromatic heterocycles. The lowest BCUT2D eigenvalue weighted by atomic mass is 9.92. The molecule has 3 atom stereocenters. The lowest BCUT2D eigenvalue weighted by Gasteiger charge is -2.30. The van der Waals surface area contributed by atoms with Crippen LogP contribution in [0.4, 0.5) is 13.6 Å². The van der Waals surface area contributed by atoms with Gasteiger partial charge in [0.15, 0.2) is 5.78 Å². The quantitative estimate of drug-likeness (QED) is 0.568. The zero-order valence-electron chi connectivity index (χ0n) is 20.4. The number of fused-ring (bicyclic) bond motifs is 1. The van der Waals surface area contributed by atoms with Crippen LogP contribution in [0.25, 0.3) is 0 Å². The molecule has 0 spiro atoms. The molecule has 1 saturated heterocycles. The third-order valence-corrected chi connectivity index (χ3v) is 6.74. The standard InChI is InChI=1S/C27H30F2N2O4/c1-26(2,3)35-25(34)31-16-27(19-12-18(28)10-11-21(19)29)14-20(27)24(31)22(32)13-23(33)30(4)15-17-8-6-5-7-9-17/h5-12,20,24H,13-16H2,1-4H3. The van der Waals surface area contributed by atoms with Crippen molar-refractivity contribution in [3.05, 3.63) is 71.3 Å². The van der Waals surface area contributed by atoms with Crippen molar-refractivity contribution < 1.29 is 27.9 Å². The molecule has 2 fully saturated rings. The first-order chi connectivity index (χ1) is 16.4. The number of hydrogen-bond donors (Lipinski definition) is 0. The van der Waals surface area contributed by atoms with Crippen LogP contribution in [0, 0.1) is 17.6 Å². The molecular weight excluding hydrogens is 454 g/mol. The van der Waals surface area contributed by atoms with Gasteiger partial charge in [-0.05, 0) is 62.4 Å². The third-order valence-electron chi connectivity index (χ3n) is 6.74. The summed E-state index contributed by atoms with van der Waals surface area (Å²) in [6.45, 7) is 5.50. The Kier molecular flexibility index (Phi) is 6.42. The molecule has 1 aliphatic carbocycles. The van der Waals surface area contributed by atoms with Crippen molar-refractivity contribution in [2.75, 3.05) is 13.6 Å². The summed E-state index contributed by atoms with van der Waals surface area (Å²) in [7, 11) is 1.62. The Labute approximate surface area is 203 Å². The molecule has 2 aliphatic rings. The van der Waals surface area contributed by atoms with Gasteiger partial charge in [-0.25, -0.2) is 13.6 Å². The van der Waals surface area contributed by atoms with E-state index in [2.05, 4.69) is 0 Å². The van der Waals surface area contributed by atoms with Gasteiger partial charge in [-0.2, -0.15) is 0 Å². The minimum atomic E-state index is -0.943. The lowest BCUT2D eigenvalue weighted by molar-refractivity contribution is -0.136. The van der Waals surface area contributed by atoms with Crippen molar-refractivity contribution in [3.8, 4) is 0 Å². The molecule has 186 valence electrons. The van der Waals surface area contributed by atoms with E-state index in [1.807, 2.05) is 30.3 Å². The van der Waals surface area contributed by atoms with Crippen molar-refractivity contribution in [3.63, 3.8) is 0 Å². The molecule has 1 heterocycles. The number of carbonyl (C=O) groups is 3. The average molecular weight is 485 g/mol. The van der Waals surface area contributed by atoms with Gasteiger partial charge in [0, 0.05) is 25.6 Å². The number of ether oxygens (including phenoxy) is 1. The van der Waals surface area contributed by atoms with Crippen LogP contribution in [0.1, 0.15) is 44.7 Å². The number of ketones is 1. The van der Waals surface area contributed by atoms with E-state index in [-0.39, 0.29) is 18.0 Å². The number of piperidine rings is 1. The highest BCUT2D eigenvalue weighted by atomic mass is 19.1. The van der Waals surface area contributed by atoms with Crippen LogP contribution in [0.5, 0.6) is 0 Å². The van der Waals surface area contributed by atoms with E-state index in [1.54, 1.807) is 27.8 Å². The highest BCUT2D eigenvalue weighted by Crippen LogP contribution is 2.63. The number of carbonyl (C=O) groups excluding carboxylic acids is 3. The van der Waals surface area contributed by atoms with E-state index in [1.165, 1.54) is 9.80 Å². The third kappa shape index (κ3) is 5.06. The summed E-state index contributed by atoms with van der Waals surface area (Å²) in [5.41, 5.74) is -0.600. The Morgan fingerprint density at radius 1 is 1.11 bits per heavy atom. The van der Waals surface area contributed by atoms with E-state index in [0.29, 0.717) is 13.0 Å². The molecule has 0 bridgehead atoms. The van der Waals surface area contributed by atoms with Crippen molar-refractivity contribution in [2.45, 2.75) is 57.2 Å². The van der Waals surface area contributed by atoms with Crippen LogP contribution in [0.15, 0.2) is 48.5 Å². The summed E-state index contributed by atoms with van der Waals surface area (Å²) in [6.07, 6.45) is -0.674. The second-order valence-corrected chi connectivity index (χ2v) is 10.5. The minimum absolute atomic E-state index is 0.0252. The van der Waals surface area contributed by atoms with E-state index < -0.39 is 52.9 Å². The molecule has 1 saturated carbocycles. The first-order valence-electron chi connectivity index (χ1n) is 11.7. The molecule has 2 aromatic rings. The SMILES string of the molecule is CN(Cc1ccccc1)C(=O)CC(=O)C1C2CC2(c2cc(F)ccc2F)CN1C(=O)OC(C)(C)C. The predicted octanol–water partition coefficient (Wildman–Crippen LogP) is 4.46. The van der Waals surface area contributed by atoms with E-state index >= 15 is 0 Å². The Bertz CT molecular complexity index is 1150. The molecule has 35 heavy (non-hydrogen) atoms. The number of Topliss-reactive ketones (excluding diaryl/α,β-unsaturated/α-hetero) is 1. The molecular formula is C27H30F2N2O4. The topological polar surface area (TPSA) is 66.9 Å². The summed E-state index contributed by atoms with van der Waals surface area (Å²) in [6, 6.07) is 11.7. The first kappa shape index (κ1) is 24.8. The van der Waals surface area contributed by atoms with Gasteiger partial charge in [0.05, 0.1) is 12.5 Å². The van der Waals surface area contributed by atoms with E-state index in [9.17, 15) is 23.2 Å². The summed E-state index contributed by atoms with van der Waals surface area (Å²) >= 11 is 0. The van der Waals surface area contributed by atoms with Crippen LogP contribution in [0.3, 0.4) is 0 Å². The summed E-state index contributed by atoms with van der Waals surface area (Å²) in [4.78, 5) is 42.0. The Morgan fingerprint density at radius 2 is 1.80 bits per heavy atom. The maximum absolute atomic E-state index is 14.7. The van der Waals surface area contributed by atoms with Crippen LogP contribution in [0.2, 0.25) is 0 Å². The predicted molar refractivity (Wildman–Crippen MR) is 125 cm³/mol. The van der Waals surface area contributed by atoms with Gasteiger partial charge in [0.2, 0.25) is 5.91 Å². The number of benzene rings is 2. The number of likely N-dealkylation sites (tertiary alicyclic amines) is 1. The molecule has 1 aliphatic heterocycles. The van der Waals surface area contributed by atoms with E-state index in [4.69, 9.17) is 4.74 Å². The highest BCUT2D eigenvalue weighted by Gasteiger charge is 2.69. The lowest BCUT2D eigenvalue weighted by Crippen LogP contribution is -2.47. The molecule has 2 amide bonds. The number of halogens is 2. The maximum Gasteiger partial charge on any atom is 0.410 e. The minimum Gasteiger partial charge on any atom is -0.444 e. The molecule has 0 radical (unpaired) electrons. The van der Waals surface area contributed by atoms with Crippen LogP contribution in [-0.4, -0.2) is 52.8 Å². The monoisotopic (exact) mass is 484 g/mol. The number of nitrogens with zero attached hydrogens (tertiary/aromatic N) is 2. The van der Waals surface area contributed by atoms with Crippen molar-refractivity contribution in [2.24, 2.45) is 5.92 Å². The van der Waals surface area contributed by atoms with Crippen LogP contribution < -0.4 is 0 Å². The maximum atomic E-state index is 14.7. The van der Waals surface area contributed by atoms with Crippen molar-refractivity contribution >= 4 is 17.8 Å². The van der Waals surface area contributed by atoms with Crippen molar-refractivity contribution in [1.29, 1.82) is 0 Å². The molecule has 0 N–H and O–H groups in total. The van der Waals surface area contributed by atoms with Crippen LogP contribution in [-0.2, 0) is 26.3 Å². The molecule has 4 rings (SSSR count). The summed E-state index contributed by atoms with van der Waals surface area (Å²) in [5, 5.41) is 0. The molecule has 8 heteroatoms. The number of amides is 2. The second kappa shape index (κ2) is 9.06. The second-order valence-electron chi connectivity index (χ2n) is 10.5. The van der Waals surface area contributed by atoms with Gasteiger partial charge < -0.3 is 9.64 Å². The summed E-state index contributed by atoms with van der Waals surface area (Å²) < 4.78 is 34.2. The smallest absolute Gasteiger partial charge is 0.410 e. The van der Waals surface area contributed by atoms with E-state index in [0.717, 1.165) is 23.8 Å². The van der Waals surface area contributed by atoms with Gasteiger partial charge in [0.25, 0.3) is 0 Å². The van der Waals surface area contributed by atoms with Gasteiger partial charge in [-0.3, -0.25) is 14.5 Å². The Balaban J connectivity index is 1.56. The zero-order chi connectivity index (χ0) is 25.5. The number of rotatable bonds is 6. The Morgan fingerprint density at radius 3 is 2.46 bits per heavy atom. The van der Waals surface area contributed by atoms with Crippen LogP contribution >= 0.6 is 0 Å². The largest absolute Gasteiger partial charge is 0.444 e. The Hall–Kier alpha value is -3.29. The first-order valence-corrected chi connectivity index (χ1v) is 11.7. The fourth-order valence-corrected chi connectivity index (χ4v) is 5.05. The van der Waals surface area contributed by atoms with Gasteiger partial charge in [0.1, 0.15) is 17.2 Å². The zero-order valence-corrected chi connectivity index (χ0v) is 20.4. The molecule has 2 aromatic carbocycles. The summed E-state index contributed by atoms with van der Waals surface area (Å²) in [5.74, 6) is -2.38. The van der Waals surface area contributed by atoms with Crippen molar-refractivity contribution in [1.82, 2.24) is 9.80 Å². The fraction of sp³-hybridized carbons (Fsp3) is 0.444. The fourth-order valence-electron chi connectivity index (χ4n) is 5.05.